The first-order chi connectivity index (χ1) is 7.63. The molecule has 16 heavy (non-hydrogen) atoms. The van der Waals surface area contributed by atoms with E-state index in [2.05, 4.69) is 10.6 Å². The molecule has 0 radical (unpaired) electrons. The van der Waals surface area contributed by atoms with Crippen molar-refractivity contribution in [1.29, 1.82) is 0 Å². The lowest BCUT2D eigenvalue weighted by molar-refractivity contribution is -0.141. The number of hydrogen-bond donors (Lipinski definition) is 3. The minimum absolute atomic E-state index is 0.0375. The number of rotatable bonds is 6. The fourth-order valence-electron chi connectivity index (χ4n) is 1.99. The van der Waals surface area contributed by atoms with Crippen LogP contribution in [-0.2, 0) is 9.59 Å². The van der Waals surface area contributed by atoms with Gasteiger partial charge in [0.25, 0.3) is 0 Å². The Morgan fingerprint density at radius 3 is 2.69 bits per heavy atom. The van der Waals surface area contributed by atoms with Gasteiger partial charge in [-0.3, -0.25) is 9.59 Å². The second-order valence-corrected chi connectivity index (χ2v) is 4.29. The van der Waals surface area contributed by atoms with E-state index in [1.807, 2.05) is 6.92 Å². The molecule has 5 nitrogen and oxygen atoms in total. The van der Waals surface area contributed by atoms with Crippen LogP contribution >= 0.6 is 0 Å². The zero-order chi connectivity index (χ0) is 12.0. The monoisotopic (exact) mass is 228 g/mol. The van der Waals surface area contributed by atoms with Crippen LogP contribution < -0.4 is 10.6 Å². The molecule has 1 aliphatic rings. The van der Waals surface area contributed by atoms with Gasteiger partial charge >= 0.3 is 5.97 Å². The third-order valence-electron chi connectivity index (χ3n) is 2.86. The van der Waals surface area contributed by atoms with Crippen molar-refractivity contribution in [2.75, 3.05) is 13.1 Å². The highest BCUT2D eigenvalue weighted by Crippen LogP contribution is 2.25. The molecule has 2 atom stereocenters. The molecule has 1 amide bonds. The van der Waals surface area contributed by atoms with Crippen molar-refractivity contribution >= 4 is 11.9 Å². The third-order valence-corrected chi connectivity index (χ3v) is 2.86. The molecule has 92 valence electrons. The van der Waals surface area contributed by atoms with E-state index < -0.39 is 5.97 Å². The summed E-state index contributed by atoms with van der Waals surface area (Å²) < 4.78 is 0. The van der Waals surface area contributed by atoms with Gasteiger partial charge in [0.1, 0.15) is 0 Å². The van der Waals surface area contributed by atoms with E-state index in [1.54, 1.807) is 0 Å². The normalized spacial score (nSPS) is 24.3. The van der Waals surface area contributed by atoms with Gasteiger partial charge in [0.2, 0.25) is 5.91 Å². The Morgan fingerprint density at radius 1 is 1.38 bits per heavy atom. The van der Waals surface area contributed by atoms with E-state index in [1.165, 1.54) is 0 Å². The van der Waals surface area contributed by atoms with Crippen molar-refractivity contribution in [2.45, 2.75) is 38.6 Å². The molecular weight excluding hydrogens is 208 g/mol. The Kier molecular flexibility index (Phi) is 5.25. The van der Waals surface area contributed by atoms with Crippen molar-refractivity contribution in [3.05, 3.63) is 0 Å². The number of carbonyl (C=O) groups is 2. The topological polar surface area (TPSA) is 78.4 Å². The summed E-state index contributed by atoms with van der Waals surface area (Å²) >= 11 is 0. The van der Waals surface area contributed by atoms with E-state index in [0.717, 1.165) is 19.4 Å². The third kappa shape index (κ3) is 4.18. The van der Waals surface area contributed by atoms with E-state index in [4.69, 9.17) is 5.11 Å². The first kappa shape index (κ1) is 13.0. The van der Waals surface area contributed by atoms with Gasteiger partial charge in [0.15, 0.2) is 0 Å². The maximum atomic E-state index is 11.4. The maximum absolute atomic E-state index is 11.4. The van der Waals surface area contributed by atoms with Gasteiger partial charge in [0.05, 0.1) is 12.5 Å². The van der Waals surface area contributed by atoms with Crippen LogP contribution in [0.2, 0.25) is 0 Å². The molecule has 1 aliphatic carbocycles. The molecule has 1 rings (SSSR count). The number of aliphatic carboxylic acids is 1. The number of carboxylic acids is 1. The zero-order valence-corrected chi connectivity index (χ0v) is 9.66. The Morgan fingerprint density at radius 2 is 2.12 bits per heavy atom. The predicted octanol–water partition coefficient (Wildman–Crippen LogP) is 0.355. The SMILES string of the molecule is CCCNCC(=O)NC1CCC(C(=O)O)C1. The summed E-state index contributed by atoms with van der Waals surface area (Å²) in [4.78, 5) is 22.1. The Labute approximate surface area is 95.6 Å². The standard InChI is InChI=1S/C11H20N2O3/c1-2-5-12-7-10(14)13-9-4-3-8(6-9)11(15)16/h8-9,12H,2-7H2,1H3,(H,13,14)(H,15,16). The van der Waals surface area contributed by atoms with Crippen LogP contribution in [0.25, 0.3) is 0 Å². The molecule has 3 N–H and O–H groups in total. The second-order valence-electron chi connectivity index (χ2n) is 4.29. The molecule has 0 aromatic rings. The molecule has 5 heteroatoms. The summed E-state index contributed by atoms with van der Waals surface area (Å²) in [5, 5.41) is 14.7. The van der Waals surface area contributed by atoms with Crippen molar-refractivity contribution in [3.8, 4) is 0 Å². The predicted molar refractivity (Wildman–Crippen MR) is 60.1 cm³/mol. The molecule has 2 unspecified atom stereocenters. The number of amides is 1. The van der Waals surface area contributed by atoms with Crippen LogP contribution in [0.3, 0.4) is 0 Å². The number of carbonyl (C=O) groups excluding carboxylic acids is 1. The molecule has 0 aromatic carbocycles. The number of carboxylic acid groups (broad SMARTS) is 1. The lowest BCUT2D eigenvalue weighted by Crippen LogP contribution is -2.39. The molecule has 0 aromatic heterocycles. The van der Waals surface area contributed by atoms with Crippen molar-refractivity contribution in [1.82, 2.24) is 10.6 Å². The Bertz CT molecular complexity index is 256. The molecule has 0 aliphatic heterocycles. The van der Waals surface area contributed by atoms with E-state index in [0.29, 0.717) is 19.4 Å². The van der Waals surface area contributed by atoms with E-state index in [9.17, 15) is 9.59 Å². The highest BCUT2D eigenvalue weighted by Gasteiger charge is 2.30. The highest BCUT2D eigenvalue weighted by molar-refractivity contribution is 5.78. The molecule has 0 saturated heterocycles. The Hall–Kier alpha value is -1.10. The van der Waals surface area contributed by atoms with Crippen LogP contribution in [-0.4, -0.2) is 36.1 Å². The fraction of sp³-hybridized carbons (Fsp3) is 0.818. The molecule has 1 fully saturated rings. The average molecular weight is 228 g/mol. The van der Waals surface area contributed by atoms with Crippen LogP contribution in [0.15, 0.2) is 0 Å². The summed E-state index contributed by atoms with van der Waals surface area (Å²) in [5.41, 5.74) is 0. The van der Waals surface area contributed by atoms with Crippen LogP contribution in [0, 0.1) is 5.92 Å². The van der Waals surface area contributed by atoms with Gasteiger partial charge in [-0.15, -0.1) is 0 Å². The highest BCUT2D eigenvalue weighted by atomic mass is 16.4. The van der Waals surface area contributed by atoms with Gasteiger partial charge in [-0.1, -0.05) is 6.92 Å². The van der Waals surface area contributed by atoms with Gasteiger partial charge in [-0.25, -0.2) is 0 Å². The van der Waals surface area contributed by atoms with Crippen molar-refractivity contribution < 1.29 is 14.7 Å². The van der Waals surface area contributed by atoms with Crippen LogP contribution in [0.1, 0.15) is 32.6 Å². The molecule has 1 saturated carbocycles. The Balaban J connectivity index is 2.18. The lowest BCUT2D eigenvalue weighted by Gasteiger charge is -2.12. The van der Waals surface area contributed by atoms with Crippen molar-refractivity contribution in [2.24, 2.45) is 5.92 Å². The minimum atomic E-state index is -0.749. The van der Waals surface area contributed by atoms with Gasteiger partial charge < -0.3 is 15.7 Å². The zero-order valence-electron chi connectivity index (χ0n) is 9.66. The average Bonchev–Trinajstić information content (AvgIpc) is 2.66. The summed E-state index contributed by atoms with van der Waals surface area (Å²) in [7, 11) is 0. The maximum Gasteiger partial charge on any atom is 0.306 e. The lowest BCUT2D eigenvalue weighted by atomic mass is 10.1. The number of hydrogen-bond acceptors (Lipinski definition) is 3. The minimum Gasteiger partial charge on any atom is -0.481 e. The van der Waals surface area contributed by atoms with Gasteiger partial charge in [-0.2, -0.15) is 0 Å². The number of nitrogens with one attached hydrogen (secondary N) is 2. The molecule has 0 bridgehead atoms. The van der Waals surface area contributed by atoms with Gasteiger partial charge in [0, 0.05) is 6.04 Å². The van der Waals surface area contributed by atoms with Crippen molar-refractivity contribution in [3.63, 3.8) is 0 Å². The van der Waals surface area contributed by atoms with E-state index in [-0.39, 0.29) is 17.9 Å². The summed E-state index contributed by atoms with van der Waals surface area (Å²) in [6.07, 6.45) is 3.01. The van der Waals surface area contributed by atoms with Crippen LogP contribution in [0.5, 0.6) is 0 Å². The largest absolute Gasteiger partial charge is 0.481 e. The molecule has 0 spiro atoms. The summed E-state index contributed by atoms with van der Waals surface area (Å²) in [5.74, 6) is -1.07. The second kappa shape index (κ2) is 6.48. The summed E-state index contributed by atoms with van der Waals surface area (Å²) in [6.45, 7) is 3.19. The quantitative estimate of drug-likeness (QED) is 0.573. The smallest absolute Gasteiger partial charge is 0.306 e. The fourth-order valence-corrected chi connectivity index (χ4v) is 1.99. The van der Waals surface area contributed by atoms with Gasteiger partial charge in [-0.05, 0) is 32.2 Å². The molecular formula is C11H20N2O3. The summed E-state index contributed by atoms with van der Waals surface area (Å²) in [6, 6.07) is 0.0389. The first-order valence-electron chi connectivity index (χ1n) is 5.86. The van der Waals surface area contributed by atoms with Crippen LogP contribution in [0.4, 0.5) is 0 Å². The van der Waals surface area contributed by atoms with E-state index >= 15 is 0 Å². The first-order valence-corrected chi connectivity index (χ1v) is 5.86. The molecule has 0 heterocycles.